The number of hydrogen-bond donors (Lipinski definition) is 1. The molecule has 1 N–H and O–H groups in total. The van der Waals surface area contributed by atoms with E-state index in [1.165, 1.54) is 11.1 Å². The van der Waals surface area contributed by atoms with Crippen LogP contribution in [0.4, 0.5) is 0 Å². The fourth-order valence-electron chi connectivity index (χ4n) is 1.62. The first kappa shape index (κ1) is 9.93. The second kappa shape index (κ2) is 4.28. The lowest BCUT2D eigenvalue weighted by atomic mass is 10.1. The van der Waals surface area contributed by atoms with Gasteiger partial charge < -0.3 is 4.90 Å². The van der Waals surface area contributed by atoms with Gasteiger partial charge in [-0.25, -0.2) is 0 Å². The summed E-state index contributed by atoms with van der Waals surface area (Å²) in [5, 5.41) is 6.78. The topological polar surface area (TPSA) is 31.9 Å². The first-order valence-corrected chi connectivity index (χ1v) is 4.98. The molecule has 0 aliphatic rings. The molecule has 0 unspecified atom stereocenters. The van der Waals surface area contributed by atoms with Gasteiger partial charge in [0.25, 0.3) is 0 Å². The zero-order valence-electron chi connectivity index (χ0n) is 9.07. The minimum absolute atomic E-state index is 0.964. The third kappa shape index (κ3) is 2.44. The number of nitrogens with zero attached hydrogens (tertiary/aromatic N) is 2. The minimum Gasteiger partial charge on any atom is -0.305 e. The first-order valence-electron chi connectivity index (χ1n) is 4.98. The molecule has 15 heavy (non-hydrogen) atoms. The highest BCUT2D eigenvalue weighted by molar-refractivity contribution is 5.62. The van der Waals surface area contributed by atoms with Gasteiger partial charge in [0.2, 0.25) is 0 Å². The highest BCUT2D eigenvalue weighted by atomic mass is 15.1. The standard InChI is InChI=1S/C12H15N3/c1-15(2)9-10-4-3-5-11(6-10)12-7-13-14-8-12/h3-8H,9H2,1-2H3,(H,13,14). The van der Waals surface area contributed by atoms with Crippen LogP contribution in [0.25, 0.3) is 11.1 Å². The van der Waals surface area contributed by atoms with E-state index in [0.717, 1.165) is 12.1 Å². The maximum Gasteiger partial charge on any atom is 0.0565 e. The number of H-pyrrole nitrogens is 1. The number of aromatic nitrogens is 2. The predicted molar refractivity (Wildman–Crippen MR) is 61.4 cm³/mol. The van der Waals surface area contributed by atoms with Crippen molar-refractivity contribution < 1.29 is 0 Å². The van der Waals surface area contributed by atoms with Crippen molar-refractivity contribution >= 4 is 0 Å². The van der Waals surface area contributed by atoms with E-state index < -0.39 is 0 Å². The Hall–Kier alpha value is -1.61. The number of rotatable bonds is 3. The largest absolute Gasteiger partial charge is 0.305 e. The van der Waals surface area contributed by atoms with Crippen LogP contribution in [-0.2, 0) is 6.54 Å². The molecule has 0 saturated carbocycles. The average molecular weight is 201 g/mol. The number of hydrogen-bond acceptors (Lipinski definition) is 2. The molecule has 3 nitrogen and oxygen atoms in total. The van der Waals surface area contributed by atoms with Crippen molar-refractivity contribution in [3.8, 4) is 11.1 Å². The SMILES string of the molecule is CN(C)Cc1cccc(-c2cn[nH]c2)c1. The van der Waals surface area contributed by atoms with Gasteiger partial charge in [-0.15, -0.1) is 0 Å². The number of aromatic amines is 1. The molecule has 0 radical (unpaired) electrons. The average Bonchev–Trinajstić information content (AvgIpc) is 2.69. The summed E-state index contributed by atoms with van der Waals surface area (Å²) in [4.78, 5) is 2.16. The Kier molecular flexibility index (Phi) is 2.83. The fraction of sp³-hybridized carbons (Fsp3) is 0.250. The van der Waals surface area contributed by atoms with Crippen molar-refractivity contribution in [2.75, 3.05) is 14.1 Å². The maximum absolute atomic E-state index is 3.95. The lowest BCUT2D eigenvalue weighted by Crippen LogP contribution is -2.10. The molecular weight excluding hydrogens is 186 g/mol. The van der Waals surface area contributed by atoms with Crippen LogP contribution >= 0.6 is 0 Å². The van der Waals surface area contributed by atoms with Crippen molar-refractivity contribution in [1.29, 1.82) is 0 Å². The van der Waals surface area contributed by atoms with Crippen molar-refractivity contribution in [2.24, 2.45) is 0 Å². The summed E-state index contributed by atoms with van der Waals surface area (Å²) >= 11 is 0. The summed E-state index contributed by atoms with van der Waals surface area (Å²) in [6.45, 7) is 0.964. The first-order chi connectivity index (χ1) is 7.25. The van der Waals surface area contributed by atoms with Gasteiger partial charge in [-0.2, -0.15) is 5.10 Å². The van der Waals surface area contributed by atoms with Crippen LogP contribution in [0.5, 0.6) is 0 Å². The summed E-state index contributed by atoms with van der Waals surface area (Å²) in [7, 11) is 4.15. The van der Waals surface area contributed by atoms with E-state index >= 15 is 0 Å². The lowest BCUT2D eigenvalue weighted by Gasteiger charge is -2.10. The van der Waals surface area contributed by atoms with Crippen LogP contribution in [0.3, 0.4) is 0 Å². The van der Waals surface area contributed by atoms with Crippen molar-refractivity contribution in [2.45, 2.75) is 6.54 Å². The van der Waals surface area contributed by atoms with Crippen LogP contribution in [0.15, 0.2) is 36.7 Å². The number of nitrogens with one attached hydrogen (secondary N) is 1. The van der Waals surface area contributed by atoms with Crippen molar-refractivity contribution in [3.05, 3.63) is 42.2 Å². The van der Waals surface area contributed by atoms with Gasteiger partial charge in [-0.3, -0.25) is 5.10 Å². The molecule has 0 fully saturated rings. The van der Waals surface area contributed by atoms with Gasteiger partial charge in [0.15, 0.2) is 0 Å². The third-order valence-electron chi connectivity index (χ3n) is 2.26. The third-order valence-corrected chi connectivity index (χ3v) is 2.26. The molecule has 0 amide bonds. The summed E-state index contributed by atoms with van der Waals surface area (Å²) in [5.41, 5.74) is 3.66. The second-order valence-electron chi connectivity index (χ2n) is 3.93. The zero-order valence-corrected chi connectivity index (χ0v) is 9.07. The predicted octanol–water partition coefficient (Wildman–Crippen LogP) is 2.14. The Balaban J connectivity index is 2.27. The summed E-state index contributed by atoms with van der Waals surface area (Å²) in [6.07, 6.45) is 3.75. The van der Waals surface area contributed by atoms with Crippen molar-refractivity contribution in [3.63, 3.8) is 0 Å². The van der Waals surface area contributed by atoms with Crippen LogP contribution in [0.2, 0.25) is 0 Å². The Bertz CT molecular complexity index is 418. The van der Waals surface area contributed by atoms with E-state index in [0.29, 0.717) is 0 Å². The van der Waals surface area contributed by atoms with Crippen LogP contribution < -0.4 is 0 Å². The molecule has 2 rings (SSSR count). The molecule has 1 aromatic heterocycles. The van der Waals surface area contributed by atoms with E-state index in [1.54, 1.807) is 0 Å². The zero-order chi connectivity index (χ0) is 10.7. The van der Waals surface area contributed by atoms with E-state index in [-0.39, 0.29) is 0 Å². The molecular formula is C12H15N3. The summed E-state index contributed by atoms with van der Waals surface area (Å²) < 4.78 is 0. The Labute approximate surface area is 89.7 Å². The maximum atomic E-state index is 3.95. The van der Waals surface area contributed by atoms with Gasteiger partial charge in [0, 0.05) is 18.3 Å². The minimum atomic E-state index is 0.964. The summed E-state index contributed by atoms with van der Waals surface area (Å²) in [6, 6.07) is 8.53. The Morgan fingerprint density at radius 1 is 1.27 bits per heavy atom. The Morgan fingerprint density at radius 2 is 2.13 bits per heavy atom. The van der Waals surface area contributed by atoms with Gasteiger partial charge in [0.05, 0.1) is 6.20 Å². The van der Waals surface area contributed by atoms with E-state index in [9.17, 15) is 0 Å². The quantitative estimate of drug-likeness (QED) is 0.825. The van der Waals surface area contributed by atoms with Crippen molar-refractivity contribution in [1.82, 2.24) is 15.1 Å². The van der Waals surface area contributed by atoms with E-state index in [2.05, 4.69) is 53.5 Å². The summed E-state index contributed by atoms with van der Waals surface area (Å²) in [5.74, 6) is 0. The molecule has 2 aromatic rings. The van der Waals surface area contributed by atoms with E-state index in [4.69, 9.17) is 0 Å². The van der Waals surface area contributed by atoms with Crippen LogP contribution in [-0.4, -0.2) is 29.2 Å². The smallest absolute Gasteiger partial charge is 0.0565 e. The normalized spacial score (nSPS) is 10.9. The van der Waals surface area contributed by atoms with Crippen LogP contribution in [0.1, 0.15) is 5.56 Å². The highest BCUT2D eigenvalue weighted by Crippen LogP contribution is 2.19. The lowest BCUT2D eigenvalue weighted by molar-refractivity contribution is 0.402. The van der Waals surface area contributed by atoms with Crippen LogP contribution in [0, 0.1) is 0 Å². The molecule has 0 saturated heterocycles. The monoisotopic (exact) mass is 201 g/mol. The molecule has 3 heteroatoms. The van der Waals surface area contributed by atoms with Gasteiger partial charge in [-0.05, 0) is 31.3 Å². The molecule has 0 spiro atoms. The molecule has 0 aliphatic heterocycles. The van der Waals surface area contributed by atoms with Gasteiger partial charge in [-0.1, -0.05) is 18.2 Å². The van der Waals surface area contributed by atoms with Gasteiger partial charge >= 0.3 is 0 Å². The van der Waals surface area contributed by atoms with Gasteiger partial charge in [0.1, 0.15) is 0 Å². The second-order valence-corrected chi connectivity index (χ2v) is 3.93. The molecule has 78 valence electrons. The molecule has 1 aromatic carbocycles. The molecule has 0 aliphatic carbocycles. The molecule has 0 bridgehead atoms. The molecule has 0 atom stereocenters. The highest BCUT2D eigenvalue weighted by Gasteiger charge is 2.00. The van der Waals surface area contributed by atoms with E-state index in [1.807, 2.05) is 12.4 Å². The number of benzene rings is 1. The Morgan fingerprint density at radius 3 is 2.80 bits per heavy atom. The fourth-order valence-corrected chi connectivity index (χ4v) is 1.62. The molecule has 1 heterocycles.